The minimum atomic E-state index is -0.290. The highest BCUT2D eigenvalue weighted by Crippen LogP contribution is 2.23. The first-order valence-corrected chi connectivity index (χ1v) is 8.40. The highest BCUT2D eigenvalue weighted by atomic mass is 32.1. The Morgan fingerprint density at radius 3 is 2.62 bits per heavy atom. The summed E-state index contributed by atoms with van der Waals surface area (Å²) in [6.07, 6.45) is 0.815. The average molecular weight is 325 g/mol. The van der Waals surface area contributed by atoms with Gasteiger partial charge in [0.1, 0.15) is 10.0 Å². The van der Waals surface area contributed by atoms with Crippen molar-refractivity contribution in [3.05, 3.63) is 21.1 Å². The smallest absolute Gasteiger partial charge is 0.321 e. The fourth-order valence-electron chi connectivity index (χ4n) is 1.48. The maximum absolute atomic E-state index is 11.8. The largest absolute Gasteiger partial charge is 0.331 e. The van der Waals surface area contributed by atoms with Crippen LogP contribution in [-0.4, -0.2) is 21.2 Å². The van der Waals surface area contributed by atoms with Crippen LogP contribution in [0, 0.1) is 0 Å². The first-order valence-electron chi connectivity index (χ1n) is 6.70. The molecule has 0 atom stereocenters. The van der Waals surface area contributed by atoms with Crippen LogP contribution in [0.25, 0.3) is 0 Å². The number of thiazole rings is 1. The number of carbonyl (C=O) groups excluding carboxylic acids is 1. The molecule has 2 aromatic rings. The second kappa shape index (κ2) is 6.48. The van der Waals surface area contributed by atoms with Crippen molar-refractivity contribution >= 4 is 33.8 Å². The van der Waals surface area contributed by atoms with Crippen LogP contribution < -0.4 is 10.6 Å². The van der Waals surface area contributed by atoms with Gasteiger partial charge in [-0.2, -0.15) is 0 Å². The van der Waals surface area contributed by atoms with Gasteiger partial charge in [-0.25, -0.2) is 9.78 Å². The summed E-state index contributed by atoms with van der Waals surface area (Å²) in [5.74, 6) is 0. The van der Waals surface area contributed by atoms with E-state index in [0.29, 0.717) is 11.7 Å². The molecule has 0 radical (unpaired) electrons. The standard InChI is InChI=1S/C13H19N5OS2/c1-5-9-17-18-12(21-9)16-11(19)14-6-10-15-8(7-20-10)13(2,3)4/h7H,5-6H2,1-4H3,(H2,14,16,18,19). The number of aromatic nitrogens is 3. The summed E-state index contributed by atoms with van der Waals surface area (Å²) in [6, 6.07) is -0.290. The lowest BCUT2D eigenvalue weighted by molar-refractivity contribution is 0.251. The molecule has 2 amide bonds. The Balaban J connectivity index is 1.85. The van der Waals surface area contributed by atoms with Gasteiger partial charge in [-0.05, 0) is 6.42 Å². The van der Waals surface area contributed by atoms with Gasteiger partial charge in [0.15, 0.2) is 0 Å². The van der Waals surface area contributed by atoms with Gasteiger partial charge in [-0.15, -0.1) is 21.5 Å². The van der Waals surface area contributed by atoms with Crippen LogP contribution in [0.1, 0.15) is 43.4 Å². The minimum absolute atomic E-state index is 0.0279. The van der Waals surface area contributed by atoms with Crippen LogP contribution in [0.2, 0.25) is 0 Å². The van der Waals surface area contributed by atoms with Crippen LogP contribution in [0.3, 0.4) is 0 Å². The second-order valence-corrected chi connectivity index (χ2v) is 7.54. The summed E-state index contributed by atoms with van der Waals surface area (Å²) >= 11 is 2.94. The summed E-state index contributed by atoms with van der Waals surface area (Å²) in [4.78, 5) is 16.3. The lowest BCUT2D eigenvalue weighted by atomic mass is 9.93. The minimum Gasteiger partial charge on any atom is -0.331 e. The van der Waals surface area contributed by atoms with Crippen molar-refractivity contribution in [2.75, 3.05) is 5.32 Å². The van der Waals surface area contributed by atoms with Crippen molar-refractivity contribution in [2.45, 2.75) is 46.1 Å². The predicted molar refractivity (Wildman–Crippen MR) is 86.0 cm³/mol. The third-order valence-corrected chi connectivity index (χ3v) is 4.54. The highest BCUT2D eigenvalue weighted by molar-refractivity contribution is 7.15. The van der Waals surface area contributed by atoms with Crippen LogP contribution in [0.5, 0.6) is 0 Å². The molecule has 0 aromatic carbocycles. The first kappa shape index (κ1) is 15.8. The number of anilines is 1. The molecule has 21 heavy (non-hydrogen) atoms. The Hall–Kier alpha value is -1.54. The van der Waals surface area contributed by atoms with E-state index in [-0.39, 0.29) is 11.4 Å². The molecule has 6 nitrogen and oxygen atoms in total. The number of hydrogen-bond acceptors (Lipinski definition) is 6. The summed E-state index contributed by atoms with van der Waals surface area (Å²) in [6.45, 7) is 8.76. The molecule has 0 aliphatic heterocycles. The van der Waals surface area contributed by atoms with Crippen molar-refractivity contribution in [2.24, 2.45) is 0 Å². The van der Waals surface area contributed by atoms with E-state index >= 15 is 0 Å². The third kappa shape index (κ3) is 4.47. The Bertz CT molecular complexity index is 614. The highest BCUT2D eigenvalue weighted by Gasteiger charge is 2.17. The van der Waals surface area contributed by atoms with Gasteiger partial charge in [0.2, 0.25) is 5.13 Å². The number of nitrogens with one attached hydrogen (secondary N) is 2. The van der Waals surface area contributed by atoms with Crippen molar-refractivity contribution in [3.63, 3.8) is 0 Å². The van der Waals surface area contributed by atoms with Gasteiger partial charge in [0.25, 0.3) is 0 Å². The SMILES string of the molecule is CCc1nnc(NC(=O)NCc2nc(C(C)(C)C)cs2)s1. The van der Waals surface area contributed by atoms with Crippen LogP contribution in [0.4, 0.5) is 9.93 Å². The molecular formula is C13H19N5OS2. The molecule has 0 aliphatic rings. The van der Waals surface area contributed by atoms with Crippen molar-refractivity contribution in [1.82, 2.24) is 20.5 Å². The van der Waals surface area contributed by atoms with E-state index in [1.807, 2.05) is 12.3 Å². The Kier molecular flexibility index (Phi) is 4.89. The number of urea groups is 1. The first-order chi connectivity index (χ1) is 9.88. The molecule has 2 aromatic heterocycles. The average Bonchev–Trinajstić information content (AvgIpc) is 3.04. The summed E-state index contributed by atoms with van der Waals surface area (Å²) in [5.41, 5.74) is 1.07. The van der Waals surface area contributed by atoms with Crippen LogP contribution in [0.15, 0.2) is 5.38 Å². The van der Waals surface area contributed by atoms with Crippen molar-refractivity contribution < 1.29 is 4.79 Å². The van der Waals surface area contributed by atoms with E-state index in [4.69, 9.17) is 0 Å². The number of amides is 2. The molecular weight excluding hydrogens is 306 g/mol. The second-order valence-electron chi connectivity index (χ2n) is 5.54. The monoisotopic (exact) mass is 325 g/mol. The van der Waals surface area contributed by atoms with Crippen LogP contribution in [-0.2, 0) is 18.4 Å². The zero-order chi connectivity index (χ0) is 15.5. The predicted octanol–water partition coefficient (Wildman–Crippen LogP) is 3.18. The molecule has 0 fully saturated rings. The Labute approximate surface area is 132 Å². The Morgan fingerprint density at radius 1 is 1.29 bits per heavy atom. The van der Waals surface area contributed by atoms with Crippen molar-refractivity contribution in [3.8, 4) is 0 Å². The number of nitrogens with zero attached hydrogens (tertiary/aromatic N) is 3. The Morgan fingerprint density at radius 2 is 2.05 bits per heavy atom. The van der Waals surface area contributed by atoms with Crippen LogP contribution >= 0.6 is 22.7 Å². The summed E-state index contributed by atoms with van der Waals surface area (Å²) in [5, 5.41) is 17.6. The molecule has 0 saturated heterocycles. The zero-order valence-corrected chi connectivity index (χ0v) is 14.2. The van der Waals surface area contributed by atoms with Gasteiger partial charge < -0.3 is 5.32 Å². The fourth-order valence-corrected chi connectivity index (χ4v) is 3.12. The number of hydrogen-bond donors (Lipinski definition) is 2. The maximum Gasteiger partial charge on any atom is 0.321 e. The molecule has 0 bridgehead atoms. The van der Waals surface area contributed by atoms with Gasteiger partial charge in [-0.1, -0.05) is 39.0 Å². The molecule has 0 spiro atoms. The normalized spacial score (nSPS) is 11.4. The number of aryl methyl sites for hydroxylation is 1. The molecule has 8 heteroatoms. The van der Waals surface area contributed by atoms with E-state index in [2.05, 4.69) is 46.6 Å². The zero-order valence-electron chi connectivity index (χ0n) is 12.6. The number of rotatable bonds is 4. The van der Waals surface area contributed by atoms with E-state index in [0.717, 1.165) is 22.1 Å². The van der Waals surface area contributed by atoms with E-state index in [1.54, 1.807) is 11.3 Å². The summed E-state index contributed by atoms with van der Waals surface area (Å²) < 4.78 is 0. The lowest BCUT2D eigenvalue weighted by Crippen LogP contribution is -2.28. The molecule has 0 saturated carbocycles. The topological polar surface area (TPSA) is 79.8 Å². The van der Waals surface area contributed by atoms with E-state index in [1.165, 1.54) is 11.3 Å². The maximum atomic E-state index is 11.8. The van der Waals surface area contributed by atoms with Gasteiger partial charge in [-0.3, -0.25) is 5.32 Å². The quantitative estimate of drug-likeness (QED) is 0.905. The third-order valence-electron chi connectivity index (χ3n) is 2.71. The number of carbonyl (C=O) groups is 1. The molecule has 2 N–H and O–H groups in total. The molecule has 114 valence electrons. The molecule has 2 rings (SSSR count). The molecule has 2 heterocycles. The summed E-state index contributed by atoms with van der Waals surface area (Å²) in [7, 11) is 0. The fraction of sp³-hybridized carbons (Fsp3) is 0.538. The lowest BCUT2D eigenvalue weighted by Gasteiger charge is -2.14. The van der Waals surface area contributed by atoms with Gasteiger partial charge in [0, 0.05) is 10.8 Å². The van der Waals surface area contributed by atoms with Crippen molar-refractivity contribution in [1.29, 1.82) is 0 Å². The van der Waals surface area contributed by atoms with Gasteiger partial charge >= 0.3 is 6.03 Å². The van der Waals surface area contributed by atoms with Gasteiger partial charge in [0.05, 0.1) is 12.2 Å². The van der Waals surface area contributed by atoms with E-state index in [9.17, 15) is 4.79 Å². The van der Waals surface area contributed by atoms with E-state index < -0.39 is 0 Å². The molecule has 0 aliphatic carbocycles. The molecule has 0 unspecified atom stereocenters.